The topological polar surface area (TPSA) is 43.8 Å². The van der Waals surface area contributed by atoms with Crippen LogP contribution in [0, 0.1) is 0 Å². The van der Waals surface area contributed by atoms with Gasteiger partial charge in [0.2, 0.25) is 0 Å². The fraction of sp³-hybridized carbons (Fsp3) is 0.214. The zero-order chi connectivity index (χ0) is 13.4. The van der Waals surface area contributed by atoms with E-state index in [1.807, 2.05) is 29.9 Å². The lowest BCUT2D eigenvalue weighted by atomic mass is 10.1. The van der Waals surface area contributed by atoms with Crippen molar-refractivity contribution in [2.45, 2.75) is 12.5 Å². The maximum atomic E-state index is 6.30. The molecular weight excluding hydrogens is 322 g/mol. The van der Waals surface area contributed by atoms with Crippen LogP contribution in [0.15, 0.2) is 40.2 Å². The van der Waals surface area contributed by atoms with E-state index >= 15 is 0 Å². The van der Waals surface area contributed by atoms with E-state index in [-0.39, 0.29) is 6.04 Å². The molecule has 3 rings (SSSR count). The molecule has 0 aliphatic heterocycles. The zero-order valence-corrected chi connectivity index (χ0v) is 12.9. The van der Waals surface area contributed by atoms with Gasteiger partial charge in [-0.3, -0.25) is 4.68 Å². The molecule has 3 nitrogen and oxygen atoms in total. The summed E-state index contributed by atoms with van der Waals surface area (Å²) < 4.78 is 3.01. The molecule has 2 aromatic heterocycles. The van der Waals surface area contributed by atoms with Crippen LogP contribution < -0.4 is 5.73 Å². The number of halogens is 1. The van der Waals surface area contributed by atoms with Crippen molar-refractivity contribution in [3.05, 3.63) is 50.8 Å². The van der Waals surface area contributed by atoms with Crippen LogP contribution in [-0.4, -0.2) is 9.78 Å². The molecule has 0 saturated carbocycles. The molecule has 0 aliphatic rings. The lowest BCUT2D eigenvalue weighted by Crippen LogP contribution is -2.13. The van der Waals surface area contributed by atoms with Crippen LogP contribution in [-0.2, 0) is 13.5 Å². The zero-order valence-electron chi connectivity index (χ0n) is 10.5. The number of thiophene rings is 1. The lowest BCUT2D eigenvalue weighted by molar-refractivity contribution is 0.689. The third-order valence-electron chi connectivity index (χ3n) is 3.23. The van der Waals surface area contributed by atoms with Crippen molar-refractivity contribution in [3.63, 3.8) is 0 Å². The Bertz CT molecular complexity index is 716. The first kappa shape index (κ1) is 12.8. The highest BCUT2D eigenvalue weighted by Gasteiger charge is 2.16. The Morgan fingerprint density at radius 2 is 2.16 bits per heavy atom. The monoisotopic (exact) mass is 335 g/mol. The molecule has 2 heterocycles. The quantitative estimate of drug-likeness (QED) is 0.794. The molecule has 0 saturated heterocycles. The molecule has 19 heavy (non-hydrogen) atoms. The fourth-order valence-corrected chi connectivity index (χ4v) is 3.98. The van der Waals surface area contributed by atoms with Gasteiger partial charge in [-0.15, -0.1) is 11.3 Å². The van der Waals surface area contributed by atoms with Gasteiger partial charge < -0.3 is 5.73 Å². The van der Waals surface area contributed by atoms with E-state index in [0.29, 0.717) is 0 Å². The number of hydrogen-bond donors (Lipinski definition) is 1. The highest BCUT2D eigenvalue weighted by atomic mass is 79.9. The van der Waals surface area contributed by atoms with E-state index in [0.717, 1.165) is 22.1 Å². The van der Waals surface area contributed by atoms with Crippen LogP contribution in [0.3, 0.4) is 0 Å². The molecule has 1 unspecified atom stereocenters. The first-order valence-corrected chi connectivity index (χ1v) is 7.73. The minimum absolute atomic E-state index is 0.0207. The van der Waals surface area contributed by atoms with Gasteiger partial charge in [-0.2, -0.15) is 5.10 Å². The van der Waals surface area contributed by atoms with Gasteiger partial charge in [0.05, 0.1) is 11.2 Å². The van der Waals surface area contributed by atoms with Gasteiger partial charge >= 0.3 is 0 Å². The van der Waals surface area contributed by atoms with Crippen LogP contribution in [0.25, 0.3) is 10.9 Å². The Labute approximate surface area is 124 Å². The largest absolute Gasteiger partial charge is 0.323 e. The summed E-state index contributed by atoms with van der Waals surface area (Å²) in [7, 11) is 1.97. The molecule has 0 aliphatic carbocycles. The molecule has 0 radical (unpaired) electrons. The first-order chi connectivity index (χ1) is 9.16. The van der Waals surface area contributed by atoms with E-state index in [4.69, 9.17) is 5.73 Å². The van der Waals surface area contributed by atoms with Crippen LogP contribution in [0.5, 0.6) is 0 Å². The second kappa shape index (κ2) is 5.07. The van der Waals surface area contributed by atoms with Gasteiger partial charge in [0.15, 0.2) is 0 Å². The molecule has 5 heteroatoms. The van der Waals surface area contributed by atoms with Crippen molar-refractivity contribution in [2.24, 2.45) is 12.8 Å². The molecule has 0 bridgehead atoms. The van der Waals surface area contributed by atoms with Gasteiger partial charge in [-0.1, -0.05) is 18.2 Å². The highest BCUT2D eigenvalue weighted by molar-refractivity contribution is 9.10. The van der Waals surface area contributed by atoms with E-state index in [9.17, 15) is 0 Å². The number of fused-ring (bicyclic) bond motifs is 1. The van der Waals surface area contributed by atoms with Gasteiger partial charge in [0.25, 0.3) is 0 Å². The Morgan fingerprint density at radius 1 is 1.37 bits per heavy atom. The predicted molar refractivity (Wildman–Crippen MR) is 83.4 cm³/mol. The summed E-state index contributed by atoms with van der Waals surface area (Å²) in [6, 6.07) is 10.3. The molecule has 1 atom stereocenters. The summed E-state index contributed by atoms with van der Waals surface area (Å²) in [5, 5.41) is 7.83. The number of nitrogens with zero attached hydrogens (tertiary/aromatic N) is 2. The van der Waals surface area contributed by atoms with E-state index in [1.165, 1.54) is 10.3 Å². The third-order valence-corrected chi connectivity index (χ3v) is 5.23. The van der Waals surface area contributed by atoms with Crippen LogP contribution in [0.4, 0.5) is 0 Å². The number of hydrogen-bond acceptors (Lipinski definition) is 3. The van der Waals surface area contributed by atoms with Gasteiger partial charge in [-0.25, -0.2) is 0 Å². The van der Waals surface area contributed by atoms with E-state index in [1.54, 1.807) is 11.3 Å². The van der Waals surface area contributed by atoms with Crippen molar-refractivity contribution in [2.75, 3.05) is 0 Å². The molecule has 0 spiro atoms. The van der Waals surface area contributed by atoms with E-state index < -0.39 is 0 Å². The summed E-state index contributed by atoms with van der Waals surface area (Å²) in [6.45, 7) is 0. The van der Waals surface area contributed by atoms with Gasteiger partial charge in [0.1, 0.15) is 0 Å². The Morgan fingerprint density at radius 3 is 2.89 bits per heavy atom. The number of benzene rings is 1. The van der Waals surface area contributed by atoms with Crippen LogP contribution in [0.1, 0.15) is 16.6 Å². The summed E-state index contributed by atoms with van der Waals surface area (Å²) in [6.07, 6.45) is 0.750. The molecular formula is C14H14BrN3S. The summed E-state index contributed by atoms with van der Waals surface area (Å²) in [4.78, 5) is 1.18. The van der Waals surface area contributed by atoms with Crippen molar-refractivity contribution in [1.29, 1.82) is 0 Å². The summed E-state index contributed by atoms with van der Waals surface area (Å²) in [5.41, 5.74) is 8.51. The third kappa shape index (κ3) is 2.33. The molecule has 2 N–H and O–H groups in total. The normalized spacial score (nSPS) is 13.0. The average molecular weight is 336 g/mol. The average Bonchev–Trinajstić information content (AvgIpc) is 2.95. The number of rotatable bonds is 3. The fourth-order valence-electron chi connectivity index (χ4n) is 2.31. The number of nitrogens with two attached hydrogens (primary N) is 1. The maximum absolute atomic E-state index is 6.30. The predicted octanol–water partition coefficient (Wildman–Crippen LogP) is 3.64. The van der Waals surface area contributed by atoms with Gasteiger partial charge in [0, 0.05) is 34.2 Å². The first-order valence-electron chi connectivity index (χ1n) is 6.06. The Balaban J connectivity index is 1.96. The minimum Gasteiger partial charge on any atom is -0.323 e. The van der Waals surface area contributed by atoms with Crippen molar-refractivity contribution < 1.29 is 0 Å². The highest BCUT2D eigenvalue weighted by Crippen LogP contribution is 2.30. The Hall–Kier alpha value is -1.17. The molecule has 1 aromatic carbocycles. The number of aromatic nitrogens is 2. The molecule has 0 fully saturated rings. The summed E-state index contributed by atoms with van der Waals surface area (Å²) in [5.74, 6) is 0. The van der Waals surface area contributed by atoms with Crippen LogP contribution in [0.2, 0.25) is 0 Å². The van der Waals surface area contributed by atoms with Gasteiger partial charge in [-0.05, 0) is 33.4 Å². The van der Waals surface area contributed by atoms with Crippen molar-refractivity contribution in [1.82, 2.24) is 9.78 Å². The minimum atomic E-state index is -0.0207. The smallest absolute Gasteiger partial charge is 0.0722 e. The number of para-hydroxylation sites is 1. The molecule has 3 aromatic rings. The van der Waals surface area contributed by atoms with Crippen molar-refractivity contribution in [3.8, 4) is 0 Å². The Kier molecular flexibility index (Phi) is 3.43. The standard InChI is InChI=1S/C14H14BrN3S/c1-18-13-5-3-2-4-9(13)12(17-18)8-11(16)14-10(15)6-7-19-14/h2-7,11H,8,16H2,1H3. The maximum Gasteiger partial charge on any atom is 0.0722 e. The lowest BCUT2D eigenvalue weighted by Gasteiger charge is -2.08. The second-order valence-electron chi connectivity index (χ2n) is 4.53. The summed E-state index contributed by atoms with van der Waals surface area (Å²) >= 11 is 5.22. The molecule has 0 amide bonds. The SMILES string of the molecule is Cn1nc(CC(N)c2sccc2Br)c2ccccc21. The van der Waals surface area contributed by atoms with Crippen LogP contribution >= 0.6 is 27.3 Å². The van der Waals surface area contributed by atoms with E-state index in [2.05, 4.69) is 38.5 Å². The molecule has 98 valence electrons. The van der Waals surface area contributed by atoms with Crippen molar-refractivity contribution >= 4 is 38.2 Å². The number of aryl methyl sites for hydroxylation is 1. The second-order valence-corrected chi connectivity index (χ2v) is 6.33.